The lowest BCUT2D eigenvalue weighted by Gasteiger charge is -2.50. The molecule has 0 unspecified atom stereocenters. The van der Waals surface area contributed by atoms with Gasteiger partial charge in [0, 0.05) is 37.2 Å². The van der Waals surface area contributed by atoms with Gasteiger partial charge >= 0.3 is 0 Å². The van der Waals surface area contributed by atoms with Crippen LogP contribution < -0.4 is 21.3 Å². The van der Waals surface area contributed by atoms with E-state index >= 15 is 0 Å². The van der Waals surface area contributed by atoms with Gasteiger partial charge in [0.15, 0.2) is 11.4 Å². The standard InChI is InChI=1S/C29H37N5O8.ClH/c1-33(2)17-11-16(32-28(41)12-5-7-31-8-6-12)22(35)19-14(17)9-13-10-15-21(34(3)4)24(37)20(27(30)40)26(39)29(15,42)25(38)18(13)23(19)36;/h11-13,15,21,31,35-36,39,42H,5-10H2,1-4H3,(H2,30,40)(H,32,41);1H/t13-,15-,21-,29-;/m0./s1. The van der Waals surface area contributed by atoms with E-state index in [9.17, 15) is 39.6 Å². The fraction of sp³-hybridized carbons (Fsp3) is 0.517. The van der Waals surface area contributed by atoms with Crippen molar-refractivity contribution < 1.29 is 39.6 Å². The predicted molar refractivity (Wildman–Crippen MR) is 160 cm³/mol. The van der Waals surface area contributed by atoms with Crippen LogP contribution in [0.5, 0.6) is 5.75 Å². The maximum atomic E-state index is 14.1. The number of aliphatic hydroxyl groups is 3. The molecule has 1 aliphatic heterocycles. The minimum absolute atomic E-state index is 0. The van der Waals surface area contributed by atoms with Gasteiger partial charge in [0.05, 0.1) is 17.3 Å². The van der Waals surface area contributed by atoms with Crippen molar-refractivity contribution in [2.45, 2.75) is 37.3 Å². The molecule has 2 fully saturated rings. The average Bonchev–Trinajstić information content (AvgIpc) is 2.92. The number of amides is 2. The quantitative estimate of drug-likeness (QED) is 0.177. The third-order valence-electron chi connectivity index (χ3n) is 9.15. The Morgan fingerprint density at radius 1 is 1.09 bits per heavy atom. The summed E-state index contributed by atoms with van der Waals surface area (Å²) in [7, 11) is 6.63. The molecule has 0 spiro atoms. The summed E-state index contributed by atoms with van der Waals surface area (Å²) >= 11 is 0. The summed E-state index contributed by atoms with van der Waals surface area (Å²) in [6, 6.07) is 0.462. The monoisotopic (exact) mass is 619 g/mol. The van der Waals surface area contributed by atoms with Crippen molar-refractivity contribution >= 4 is 52.9 Å². The molecule has 234 valence electrons. The first-order valence-corrected chi connectivity index (χ1v) is 13.9. The number of halogens is 1. The number of piperidine rings is 1. The van der Waals surface area contributed by atoms with Crippen LogP contribution in [0.3, 0.4) is 0 Å². The molecule has 8 N–H and O–H groups in total. The number of benzene rings is 1. The van der Waals surface area contributed by atoms with Crippen LogP contribution in [0.2, 0.25) is 0 Å². The summed E-state index contributed by atoms with van der Waals surface area (Å²) in [5.41, 5.74) is 2.64. The second kappa shape index (κ2) is 11.5. The molecule has 4 aliphatic rings. The largest absolute Gasteiger partial charge is 0.508 e. The molecule has 3 aliphatic carbocycles. The SMILES string of the molecule is CN(C)c1cc(NC(=O)C2CCNCC2)c(O)c2c1C[C@H]1C[C@H]3[C@H](N(C)C)C(=O)C(C(N)=O)=C(O)[C@@]3(O)C(=O)C1=C2O.Cl. The third kappa shape index (κ3) is 4.84. The van der Waals surface area contributed by atoms with Gasteiger partial charge in [-0.15, -0.1) is 12.4 Å². The molecule has 1 saturated heterocycles. The van der Waals surface area contributed by atoms with E-state index in [0.717, 1.165) is 0 Å². The van der Waals surface area contributed by atoms with E-state index in [1.54, 1.807) is 39.2 Å². The molecule has 0 radical (unpaired) electrons. The topological polar surface area (TPSA) is 206 Å². The van der Waals surface area contributed by atoms with Crippen molar-refractivity contribution in [3.63, 3.8) is 0 Å². The zero-order valence-corrected chi connectivity index (χ0v) is 25.2. The molecule has 1 aromatic carbocycles. The summed E-state index contributed by atoms with van der Waals surface area (Å²) in [5.74, 6) is -7.76. The number of carbonyl (C=O) groups excluding carboxylic acids is 4. The Hall–Kier alpha value is -3.65. The number of carbonyl (C=O) groups is 4. The number of hydrogen-bond acceptors (Lipinski definition) is 11. The van der Waals surface area contributed by atoms with Crippen molar-refractivity contribution in [1.82, 2.24) is 10.2 Å². The Morgan fingerprint density at radius 2 is 1.72 bits per heavy atom. The Balaban J connectivity index is 0.00000423. The van der Waals surface area contributed by atoms with Crippen molar-refractivity contribution in [3.8, 4) is 5.75 Å². The number of aliphatic hydroxyl groups excluding tert-OH is 2. The van der Waals surface area contributed by atoms with Crippen LogP contribution in [0.15, 0.2) is 23.0 Å². The summed E-state index contributed by atoms with van der Waals surface area (Å²) in [5, 5.41) is 51.7. The van der Waals surface area contributed by atoms with Crippen molar-refractivity contribution in [2.24, 2.45) is 23.5 Å². The Morgan fingerprint density at radius 3 is 2.28 bits per heavy atom. The smallest absolute Gasteiger partial charge is 0.255 e. The number of ketones is 2. The minimum Gasteiger partial charge on any atom is -0.508 e. The number of aromatic hydroxyl groups is 1. The van der Waals surface area contributed by atoms with E-state index < -0.39 is 63.8 Å². The number of rotatable bonds is 5. The summed E-state index contributed by atoms with van der Waals surface area (Å²) < 4.78 is 0. The summed E-state index contributed by atoms with van der Waals surface area (Å²) in [6.45, 7) is 1.38. The molecular weight excluding hydrogens is 582 g/mol. The van der Waals surface area contributed by atoms with Crippen LogP contribution >= 0.6 is 12.4 Å². The third-order valence-corrected chi connectivity index (χ3v) is 9.15. The molecule has 4 atom stereocenters. The highest BCUT2D eigenvalue weighted by molar-refractivity contribution is 6.24. The van der Waals surface area contributed by atoms with Crippen molar-refractivity contribution in [1.29, 1.82) is 0 Å². The van der Waals surface area contributed by atoms with Crippen LogP contribution in [-0.2, 0) is 25.6 Å². The fourth-order valence-corrected chi connectivity index (χ4v) is 7.11. The lowest BCUT2D eigenvalue weighted by atomic mass is 9.57. The van der Waals surface area contributed by atoms with E-state index in [0.29, 0.717) is 37.2 Å². The maximum Gasteiger partial charge on any atom is 0.255 e. The van der Waals surface area contributed by atoms with Gasteiger partial charge in [-0.25, -0.2) is 0 Å². The van der Waals surface area contributed by atoms with Crippen molar-refractivity contribution in [2.75, 3.05) is 51.5 Å². The molecule has 0 bridgehead atoms. The fourth-order valence-electron chi connectivity index (χ4n) is 7.11. The molecular formula is C29H38ClN5O8. The van der Waals surface area contributed by atoms with E-state index in [2.05, 4.69) is 10.6 Å². The molecule has 5 rings (SSSR count). The summed E-state index contributed by atoms with van der Waals surface area (Å²) in [6.07, 6.45) is 1.40. The van der Waals surface area contributed by atoms with Gasteiger partial charge in [0.25, 0.3) is 5.91 Å². The van der Waals surface area contributed by atoms with Crippen LogP contribution in [-0.4, -0.2) is 102 Å². The molecule has 14 heteroatoms. The highest BCUT2D eigenvalue weighted by Crippen LogP contribution is 2.54. The van der Waals surface area contributed by atoms with Crippen LogP contribution in [0.4, 0.5) is 11.4 Å². The molecule has 0 aromatic heterocycles. The van der Waals surface area contributed by atoms with Gasteiger partial charge in [-0.3, -0.25) is 24.1 Å². The highest BCUT2D eigenvalue weighted by atomic mass is 35.5. The molecule has 1 heterocycles. The van der Waals surface area contributed by atoms with Gasteiger partial charge < -0.3 is 41.7 Å². The first-order chi connectivity index (χ1) is 19.7. The van der Waals surface area contributed by atoms with Gasteiger partial charge in [-0.05, 0) is 70.4 Å². The second-order valence-electron chi connectivity index (χ2n) is 12.0. The van der Waals surface area contributed by atoms with Crippen LogP contribution in [0.1, 0.15) is 30.4 Å². The first kappa shape index (κ1) is 32.3. The number of nitrogens with zero attached hydrogens (tertiary/aromatic N) is 2. The highest BCUT2D eigenvalue weighted by Gasteiger charge is 2.64. The molecule has 13 nitrogen and oxygen atoms in total. The number of likely N-dealkylation sites (N-methyl/N-ethyl adjacent to an activating group) is 1. The Kier molecular flexibility index (Phi) is 8.59. The van der Waals surface area contributed by atoms with E-state index in [1.165, 1.54) is 4.90 Å². The Labute approximate surface area is 254 Å². The molecule has 2 amide bonds. The van der Waals surface area contributed by atoms with Gasteiger partial charge in [-0.2, -0.15) is 0 Å². The average molecular weight is 620 g/mol. The number of nitrogens with one attached hydrogen (secondary N) is 2. The number of anilines is 2. The van der Waals surface area contributed by atoms with E-state index in [-0.39, 0.29) is 53.9 Å². The van der Waals surface area contributed by atoms with Gasteiger partial charge in [0.1, 0.15) is 22.8 Å². The number of hydrogen-bond donors (Lipinski definition) is 7. The lowest BCUT2D eigenvalue weighted by molar-refractivity contribution is -0.153. The molecule has 43 heavy (non-hydrogen) atoms. The van der Waals surface area contributed by atoms with E-state index in [4.69, 9.17) is 5.73 Å². The maximum absolute atomic E-state index is 14.1. The predicted octanol–water partition coefficient (Wildman–Crippen LogP) is 0.390. The second-order valence-corrected chi connectivity index (χ2v) is 12.0. The number of nitrogens with two attached hydrogens (primary N) is 1. The number of primary amides is 1. The van der Waals surface area contributed by atoms with Crippen molar-refractivity contribution in [3.05, 3.63) is 34.1 Å². The van der Waals surface area contributed by atoms with E-state index in [1.807, 2.05) is 0 Å². The normalized spacial score (nSPS) is 27.3. The number of phenols is 1. The minimum atomic E-state index is -2.72. The Bertz CT molecular complexity index is 1460. The lowest BCUT2D eigenvalue weighted by Crippen LogP contribution is -2.65. The zero-order chi connectivity index (χ0) is 30.8. The first-order valence-electron chi connectivity index (χ1n) is 13.9. The van der Waals surface area contributed by atoms with Crippen LogP contribution in [0, 0.1) is 17.8 Å². The van der Waals surface area contributed by atoms with Crippen LogP contribution in [0.25, 0.3) is 5.76 Å². The number of fused-ring (bicyclic) bond motifs is 3. The molecule has 1 aromatic rings. The number of Topliss-reactive ketones (excluding diaryl/α,β-unsaturated/α-hetero) is 2. The zero-order valence-electron chi connectivity index (χ0n) is 24.4. The summed E-state index contributed by atoms with van der Waals surface area (Å²) in [4.78, 5) is 55.8. The van der Waals surface area contributed by atoms with Gasteiger partial charge in [-0.1, -0.05) is 0 Å². The van der Waals surface area contributed by atoms with Gasteiger partial charge in [0.2, 0.25) is 11.7 Å². The number of phenolic OH excluding ortho intramolecular Hbond substituents is 1. The molecule has 1 saturated carbocycles.